The number of hydrogen-bond acceptors (Lipinski definition) is 8. The van der Waals surface area contributed by atoms with Crippen molar-refractivity contribution in [3.63, 3.8) is 0 Å². The summed E-state index contributed by atoms with van der Waals surface area (Å²) in [7, 11) is 0. The highest BCUT2D eigenvalue weighted by Crippen LogP contribution is 2.56. The second kappa shape index (κ2) is 62.4. The molecule has 2 N–H and O–H groups in total. The number of anilines is 2. The van der Waals surface area contributed by atoms with Crippen molar-refractivity contribution in [1.29, 1.82) is 10.8 Å². The lowest BCUT2D eigenvalue weighted by atomic mass is 9.81. The summed E-state index contributed by atoms with van der Waals surface area (Å²) in [6, 6.07) is 15.1. The van der Waals surface area contributed by atoms with Crippen LogP contribution >= 0.6 is 46.4 Å². The van der Waals surface area contributed by atoms with Gasteiger partial charge in [-0.25, -0.2) is 0 Å². The van der Waals surface area contributed by atoms with Gasteiger partial charge in [0.1, 0.15) is 11.7 Å². The Morgan fingerprint density at radius 3 is 0.606 bits per heavy atom. The Morgan fingerprint density at radius 2 is 0.409 bits per heavy atom. The number of hydrogen-bond donors (Lipinski definition) is 2. The molecule has 0 bridgehead atoms. The number of nitrogens with one attached hydrogen (secondary N) is 2. The van der Waals surface area contributed by atoms with E-state index in [0.29, 0.717) is 150 Å². The van der Waals surface area contributed by atoms with Gasteiger partial charge in [0.2, 0.25) is 0 Å². The summed E-state index contributed by atoms with van der Waals surface area (Å²) in [4.78, 5) is 35.4. The van der Waals surface area contributed by atoms with Gasteiger partial charge in [0, 0.05) is 86.4 Å². The van der Waals surface area contributed by atoms with E-state index < -0.39 is 11.8 Å². The van der Waals surface area contributed by atoms with Crippen LogP contribution in [0.15, 0.2) is 48.5 Å². The number of halogens is 4. The van der Waals surface area contributed by atoms with Crippen molar-refractivity contribution in [2.24, 2.45) is 23.7 Å². The van der Waals surface area contributed by atoms with Crippen LogP contribution in [0.1, 0.15) is 509 Å². The molecule has 2 aliphatic rings. The van der Waals surface area contributed by atoms with E-state index in [1.54, 1.807) is 24.3 Å². The molecule has 10 nitrogen and oxygen atoms in total. The Morgan fingerprint density at radius 1 is 0.235 bits per heavy atom. The largest absolute Gasteiger partial charge is 0.489 e. The molecule has 7 aromatic rings. The molecule has 0 saturated heterocycles. The van der Waals surface area contributed by atoms with Crippen LogP contribution in [0.2, 0.25) is 20.1 Å². The summed E-state index contributed by atoms with van der Waals surface area (Å²) in [6.07, 6.45) is 79.7. The lowest BCUT2D eigenvalue weighted by molar-refractivity contribution is 0.0994. The first-order chi connectivity index (χ1) is 64.5. The summed E-state index contributed by atoms with van der Waals surface area (Å²) in [5.74, 6) is 3.11. The van der Waals surface area contributed by atoms with E-state index in [1.165, 1.54) is 369 Å². The number of rotatable bonds is 78. The number of nitrogens with zero attached hydrogens (tertiary/aromatic N) is 2. The second-order valence-electron chi connectivity index (χ2n) is 40.8. The molecule has 0 aromatic heterocycles. The van der Waals surface area contributed by atoms with Crippen molar-refractivity contribution in [2.75, 3.05) is 36.2 Å². The van der Waals surface area contributed by atoms with E-state index in [9.17, 15) is 10.8 Å². The van der Waals surface area contributed by atoms with Gasteiger partial charge < -0.3 is 18.9 Å². The van der Waals surface area contributed by atoms with Crippen LogP contribution in [0.3, 0.4) is 0 Å². The lowest BCUT2D eigenvalue weighted by Gasteiger charge is -2.34. The van der Waals surface area contributed by atoms with Crippen molar-refractivity contribution in [2.45, 2.75) is 480 Å². The minimum absolute atomic E-state index is 0.0404. The molecular weight excluding hydrogens is 1710 g/mol. The first-order valence-electron chi connectivity index (χ1n) is 55.2. The maximum absolute atomic E-state index is 16.2. The average molecular weight is 1890 g/mol. The van der Waals surface area contributed by atoms with Crippen LogP contribution in [0.4, 0.5) is 11.4 Å². The highest BCUT2D eigenvalue weighted by molar-refractivity contribution is 6.57. The van der Waals surface area contributed by atoms with Crippen molar-refractivity contribution in [3.05, 3.63) is 102 Å². The zero-order chi connectivity index (χ0) is 94.2. The molecule has 0 fully saturated rings. The van der Waals surface area contributed by atoms with Gasteiger partial charge in [-0.15, -0.1) is 0 Å². The number of carbonyl (C=O) groups excluding carboxylic acids is 2. The molecule has 4 atom stereocenters. The molecule has 2 heterocycles. The van der Waals surface area contributed by atoms with E-state index in [0.717, 1.165) is 62.5 Å². The first kappa shape index (κ1) is 110. The fraction of sp³-hybridized carbons (Fsp3) is 0.695. The molecule has 2 amide bonds. The first-order valence-corrected chi connectivity index (χ1v) is 56.7. The molecule has 4 unspecified atom stereocenters. The molecule has 14 heteroatoms. The number of fused-ring (bicyclic) bond motifs is 2. The quantitative estimate of drug-likeness (QED) is 0.0222. The summed E-state index contributed by atoms with van der Waals surface area (Å²) in [5.41, 5.74) is 4.11. The Kier molecular flexibility index (Phi) is 52.1. The standard InChI is InChI=1S/C118H180Cl4N4O6/c1-11-19-27-35-43-47-55-63-71-89(67-59-51-39-31-23-15-5)83-129-103-75-87(9)101(81-105(103)131-85-91(69-61-53-41-33-25-17-7)73-65-57-49-45-37-29-21-13-3)125-115(123)93-77-97(119)109-112-100(122)80-96-108-94(78-98(120)110(114(108)112)111-99(121)79-95(117(125)127)107(93)113(109)111)116(124)126(118(96)128)102-82-106(132-86-92(70-62-54-42-34-26-18-8)74-66-58-50-46-38-30-22-14-4)104(76-88(102)10)130-84-90(68-60-52-40-32-24-16-6)72-64-56-48-44-36-28-20-12-2/h75-82,89-92,123-124H,11-74,83-86H2,1-10H3. The smallest absolute Gasteiger partial charge is 0.264 e. The van der Waals surface area contributed by atoms with Gasteiger partial charge in [0.05, 0.1) is 48.9 Å². The minimum Gasteiger partial charge on any atom is -0.489 e. The molecule has 9 rings (SSSR count). The molecule has 0 spiro atoms. The normalized spacial score (nSPS) is 13.8. The van der Waals surface area contributed by atoms with E-state index in [4.69, 9.17) is 65.4 Å². The SMILES string of the molecule is CCCCCCCCCCC(CCCCCCCC)COc1cc(C)c(N2C(=N)c3cc(Cl)c4c5c(Cl)cc6c7c(cc(Cl)c(c8c(Cl)cc(c3c48)C2=O)c75)C(=N)N(c2cc(OCC(CCCCCCCC)CCCCCCCCCC)c(OCC(CCCCCCCC)CCCCCCCCCC)cc2C)C6=O)cc1OCC(CCCCCCCC)CCCCCCCCCC. The topological polar surface area (TPSA) is 125 Å². The number of carbonyl (C=O) groups is 2. The van der Waals surface area contributed by atoms with Crippen molar-refractivity contribution < 1.29 is 28.5 Å². The summed E-state index contributed by atoms with van der Waals surface area (Å²) >= 11 is 31.4. The predicted octanol–water partition coefficient (Wildman–Crippen LogP) is 40.0. The molecule has 0 saturated carbocycles. The zero-order valence-electron chi connectivity index (χ0n) is 84.9. The highest BCUT2D eigenvalue weighted by atomic mass is 35.5. The van der Waals surface area contributed by atoms with Gasteiger partial charge in [-0.05, 0) is 136 Å². The monoisotopic (exact) mass is 1890 g/mol. The summed E-state index contributed by atoms with van der Waals surface area (Å²) in [5, 5.41) is 26.2. The Labute approximate surface area is 823 Å². The number of amidine groups is 2. The number of amides is 2. The van der Waals surface area contributed by atoms with Crippen LogP contribution in [-0.4, -0.2) is 49.9 Å². The fourth-order valence-corrected chi connectivity index (χ4v) is 22.6. The number of unbranched alkanes of at least 4 members (excludes halogenated alkanes) is 48. The Bertz CT molecular complexity index is 4140. The van der Waals surface area contributed by atoms with Crippen molar-refractivity contribution in [3.8, 4) is 23.0 Å². The number of aryl methyl sites for hydroxylation is 2. The van der Waals surface area contributed by atoms with Crippen LogP contribution in [0, 0.1) is 48.3 Å². The van der Waals surface area contributed by atoms with E-state index in [1.807, 2.05) is 26.0 Å². The molecule has 736 valence electrons. The van der Waals surface area contributed by atoms with Crippen molar-refractivity contribution in [1.82, 2.24) is 0 Å². The molecule has 132 heavy (non-hydrogen) atoms. The lowest BCUT2D eigenvalue weighted by Crippen LogP contribution is -2.41. The van der Waals surface area contributed by atoms with Crippen LogP contribution < -0.4 is 28.7 Å². The van der Waals surface area contributed by atoms with Crippen LogP contribution in [-0.2, 0) is 0 Å². The van der Waals surface area contributed by atoms with Gasteiger partial charge in [0.25, 0.3) is 11.8 Å². The molecule has 0 aliphatic carbocycles. The Balaban J connectivity index is 1.08. The Hall–Kier alpha value is -5.52. The summed E-state index contributed by atoms with van der Waals surface area (Å²) in [6.45, 7) is 24.6. The highest BCUT2D eigenvalue weighted by Gasteiger charge is 2.41. The second-order valence-corrected chi connectivity index (χ2v) is 42.4. The third-order valence-electron chi connectivity index (χ3n) is 29.6. The van der Waals surface area contributed by atoms with Crippen molar-refractivity contribution >= 4 is 124 Å². The van der Waals surface area contributed by atoms with E-state index in [-0.39, 0.29) is 31.8 Å². The molecular formula is C118H180Cl4N4O6. The van der Waals surface area contributed by atoms with Crippen LogP contribution in [0.25, 0.3) is 43.1 Å². The average Bonchev–Trinajstić information content (AvgIpc) is 0.673. The van der Waals surface area contributed by atoms with Gasteiger partial charge in [-0.1, -0.05) is 461 Å². The summed E-state index contributed by atoms with van der Waals surface area (Å²) < 4.78 is 28.8. The fourth-order valence-electron chi connectivity index (χ4n) is 21.4. The van der Waals surface area contributed by atoms with Gasteiger partial charge in [0.15, 0.2) is 23.0 Å². The third-order valence-corrected chi connectivity index (χ3v) is 30.8. The third kappa shape index (κ3) is 33.4. The number of benzene rings is 7. The van der Waals surface area contributed by atoms with Gasteiger partial charge >= 0.3 is 0 Å². The van der Waals surface area contributed by atoms with Gasteiger partial charge in [-0.3, -0.25) is 30.2 Å². The minimum atomic E-state index is -0.415. The van der Waals surface area contributed by atoms with Gasteiger partial charge in [-0.2, -0.15) is 0 Å². The van der Waals surface area contributed by atoms with E-state index in [2.05, 4.69) is 67.5 Å². The maximum Gasteiger partial charge on any atom is 0.264 e. The maximum atomic E-state index is 16.2. The zero-order valence-corrected chi connectivity index (χ0v) is 87.9. The predicted molar refractivity (Wildman–Crippen MR) is 574 cm³/mol. The molecule has 7 aromatic carbocycles. The van der Waals surface area contributed by atoms with E-state index >= 15 is 9.59 Å². The van der Waals surface area contributed by atoms with Crippen LogP contribution in [0.5, 0.6) is 23.0 Å². The molecule has 0 radical (unpaired) electrons. The molecule has 2 aliphatic heterocycles. The number of ether oxygens (including phenoxy) is 4.